The number of rotatable bonds is 4. The molecule has 4 fully saturated rings. The molecule has 0 heterocycles. The molecule has 0 bridgehead atoms. The maximum absolute atomic E-state index is 4.06. The molecule has 0 unspecified atom stereocenters. The second-order valence-corrected chi connectivity index (χ2v) is 20.5. The Morgan fingerprint density at radius 3 is 0.596 bits per heavy atom. The van der Waals surface area contributed by atoms with Gasteiger partial charge in [-0.05, 0) is 27.7 Å². The van der Waals surface area contributed by atoms with Crippen LogP contribution in [0.3, 0.4) is 0 Å². The molecule has 0 aromatic carbocycles. The van der Waals surface area contributed by atoms with Crippen LogP contribution in [0.25, 0.3) is 0 Å². The van der Waals surface area contributed by atoms with Gasteiger partial charge in [-0.3, -0.25) is 0 Å². The van der Waals surface area contributed by atoms with Crippen molar-refractivity contribution in [3.05, 3.63) is 72.3 Å². The Morgan fingerprint density at radius 2 is 0.500 bits per heavy atom. The fourth-order valence-electron chi connectivity index (χ4n) is 9.66. The van der Waals surface area contributed by atoms with Crippen molar-refractivity contribution in [2.75, 3.05) is 0 Å². The van der Waals surface area contributed by atoms with E-state index in [4.69, 9.17) is 0 Å². The number of hydrogen-bond donors (Lipinski definition) is 0. The van der Waals surface area contributed by atoms with E-state index in [0.29, 0.717) is 45.3 Å². The van der Waals surface area contributed by atoms with Gasteiger partial charge < -0.3 is 23.7 Å². The van der Waals surface area contributed by atoms with Crippen molar-refractivity contribution in [3.63, 3.8) is 0 Å². The van der Waals surface area contributed by atoms with Gasteiger partial charge >= 0.3 is 0 Å². The molecule has 0 saturated heterocycles. The van der Waals surface area contributed by atoms with Gasteiger partial charge in [0.2, 0.25) is 0 Å². The Hall–Kier alpha value is 1.71. The first-order chi connectivity index (χ1) is 21.7. The smallest absolute Gasteiger partial charge is 0 e. The third kappa shape index (κ3) is 22.0. The summed E-state index contributed by atoms with van der Waals surface area (Å²) < 4.78 is 0. The topological polar surface area (TPSA) is 0 Å². The summed E-state index contributed by atoms with van der Waals surface area (Å²) >= 11 is 0. The maximum atomic E-state index is 4.06. The molecule has 4 aliphatic rings. The Kier molecular flexibility index (Phi) is 30.1. The van der Waals surface area contributed by atoms with Crippen molar-refractivity contribution < 1.29 is 84.3 Å². The summed E-state index contributed by atoms with van der Waals surface area (Å²) in [4.78, 5) is 0. The summed E-state index contributed by atoms with van der Waals surface area (Å²) in [5.74, 6) is 9.38. The minimum atomic E-state index is 0. The molecule has 0 N–H and O–H groups in total. The molecular weight excluding hydrogens is 1310 g/mol. The SMILES string of the molecule is C=C(C)[C@@H]1CCC(C)(C)C[C-]1C.C=C(C)[C@@H]1CCC(C)(C)C[C-]1C.C=C(C)[C@H]1CCC(C)(C)C[C-]1C.C=C(C)[C@H]1CCC(C)(C)C[C-]1C.[W].[W].[W].[W]. The average Bonchev–Trinajstić information content (AvgIpc) is 2.86. The van der Waals surface area contributed by atoms with Crippen molar-refractivity contribution >= 4 is 0 Å². The van der Waals surface area contributed by atoms with Gasteiger partial charge in [0, 0.05) is 84.3 Å². The van der Waals surface area contributed by atoms with Crippen LogP contribution in [0.1, 0.15) is 188 Å². The molecule has 52 heavy (non-hydrogen) atoms. The van der Waals surface area contributed by atoms with E-state index in [1.807, 2.05) is 0 Å². The second kappa shape index (κ2) is 25.9. The largest absolute Gasteiger partial charge is 0.309 e. The molecular formula is C48H84W4-4. The molecule has 4 atom stereocenters. The van der Waals surface area contributed by atoms with Gasteiger partial charge in [-0.15, -0.1) is 72.3 Å². The molecule has 0 aromatic rings. The van der Waals surface area contributed by atoms with E-state index in [-0.39, 0.29) is 84.3 Å². The van der Waals surface area contributed by atoms with Gasteiger partial charge in [-0.25, -0.2) is 0 Å². The molecule has 4 saturated carbocycles. The van der Waals surface area contributed by atoms with Gasteiger partial charge in [0.05, 0.1) is 0 Å². The van der Waals surface area contributed by atoms with Crippen LogP contribution < -0.4 is 0 Å². The van der Waals surface area contributed by atoms with Crippen LogP contribution in [-0.2, 0) is 84.3 Å². The van der Waals surface area contributed by atoms with E-state index in [2.05, 4.69) is 137 Å². The van der Waals surface area contributed by atoms with Crippen molar-refractivity contribution in [2.45, 2.75) is 188 Å². The van der Waals surface area contributed by atoms with E-state index >= 15 is 0 Å². The van der Waals surface area contributed by atoms with Crippen LogP contribution in [0.2, 0.25) is 0 Å². The molecule has 0 aliphatic heterocycles. The van der Waals surface area contributed by atoms with Crippen LogP contribution >= 0.6 is 0 Å². The van der Waals surface area contributed by atoms with Crippen molar-refractivity contribution in [1.82, 2.24) is 0 Å². The zero-order chi connectivity index (χ0) is 37.4. The Morgan fingerprint density at radius 1 is 0.365 bits per heavy atom. The summed E-state index contributed by atoms with van der Waals surface area (Å²) in [6, 6.07) is 0. The summed E-state index contributed by atoms with van der Waals surface area (Å²) in [5.41, 5.74) is 7.55. The summed E-state index contributed by atoms with van der Waals surface area (Å²) in [5, 5.41) is 0. The molecule has 304 valence electrons. The van der Waals surface area contributed by atoms with Crippen LogP contribution in [0.4, 0.5) is 0 Å². The molecule has 4 aliphatic carbocycles. The van der Waals surface area contributed by atoms with Crippen LogP contribution in [0, 0.1) is 69.0 Å². The first-order valence-corrected chi connectivity index (χ1v) is 19.6. The molecule has 4 heteroatoms. The van der Waals surface area contributed by atoms with Gasteiger partial charge in [0.1, 0.15) is 0 Å². The summed E-state index contributed by atoms with van der Waals surface area (Å²) in [6.45, 7) is 53.0. The van der Waals surface area contributed by atoms with E-state index in [1.54, 1.807) is 23.7 Å². The minimum Gasteiger partial charge on any atom is -0.309 e. The number of hydrogen-bond acceptors (Lipinski definition) is 0. The van der Waals surface area contributed by atoms with Crippen LogP contribution in [-0.4, -0.2) is 0 Å². The number of allylic oxidation sites excluding steroid dienone is 4. The molecule has 0 radical (unpaired) electrons. The first kappa shape index (κ1) is 60.4. The molecule has 0 spiro atoms. The fourth-order valence-corrected chi connectivity index (χ4v) is 9.66. The Bertz CT molecular complexity index is 894. The van der Waals surface area contributed by atoms with Crippen LogP contribution in [0.15, 0.2) is 48.6 Å². The molecule has 0 aromatic heterocycles. The Balaban J connectivity index is -0.000000288. The quantitative estimate of drug-likeness (QED) is 0.194. The van der Waals surface area contributed by atoms with Crippen molar-refractivity contribution in [3.8, 4) is 0 Å². The van der Waals surface area contributed by atoms with Crippen molar-refractivity contribution in [2.24, 2.45) is 45.3 Å². The van der Waals surface area contributed by atoms with E-state index < -0.39 is 0 Å². The fraction of sp³-hybridized carbons (Fsp3) is 0.750. The van der Waals surface area contributed by atoms with Crippen molar-refractivity contribution in [1.29, 1.82) is 0 Å². The molecule has 4 rings (SSSR count). The third-order valence-electron chi connectivity index (χ3n) is 12.2. The van der Waals surface area contributed by atoms with Crippen LogP contribution in [0.5, 0.6) is 0 Å². The van der Waals surface area contributed by atoms with Gasteiger partial charge in [0.25, 0.3) is 0 Å². The molecule has 0 amide bonds. The summed E-state index contributed by atoms with van der Waals surface area (Å²) in [7, 11) is 0. The summed E-state index contributed by atoms with van der Waals surface area (Å²) in [6.07, 6.45) is 15.8. The molecule has 0 nitrogen and oxygen atoms in total. The van der Waals surface area contributed by atoms with Gasteiger partial charge in [0.15, 0.2) is 0 Å². The minimum absolute atomic E-state index is 0. The standard InChI is InChI=1S/4C12H21.4W/c4*1-9(2)11-6-7-12(4,5)8-10(11)3;;;;/h4*11H,1,6-8H2,2-5H3;;;;/q4*-1;;;;/t4*11-;;;;/m1100..../s1. The predicted octanol–water partition coefficient (Wildman–Crippen LogP) is 15.9. The normalized spacial score (nSPS) is 27.8. The first-order valence-electron chi connectivity index (χ1n) is 19.6. The van der Waals surface area contributed by atoms with E-state index in [0.717, 1.165) is 0 Å². The Labute approximate surface area is 386 Å². The third-order valence-corrected chi connectivity index (χ3v) is 12.2. The second-order valence-electron chi connectivity index (χ2n) is 20.5. The van der Waals surface area contributed by atoms with Gasteiger partial charge in [-0.2, -0.15) is 53.4 Å². The zero-order valence-electron chi connectivity index (χ0n) is 37.3. The van der Waals surface area contributed by atoms with Gasteiger partial charge in [-0.1, -0.05) is 128 Å². The average molecular weight is 1400 g/mol. The van der Waals surface area contributed by atoms with E-state index in [1.165, 1.54) is 99.3 Å². The predicted molar refractivity (Wildman–Crippen MR) is 219 cm³/mol. The zero-order valence-corrected chi connectivity index (χ0v) is 49.0. The maximum Gasteiger partial charge on any atom is 0 e. The van der Waals surface area contributed by atoms with E-state index in [9.17, 15) is 0 Å². The monoisotopic (exact) mass is 1400 g/mol.